The van der Waals surface area contributed by atoms with Crippen molar-refractivity contribution in [1.82, 2.24) is 24.2 Å². The lowest BCUT2D eigenvalue weighted by molar-refractivity contribution is -0.123. The van der Waals surface area contributed by atoms with Crippen LogP contribution < -0.4 is 11.1 Å². The maximum atomic E-state index is 12.5. The number of nitrogens with one attached hydrogen (secondary N) is 1. The molecule has 2 amide bonds. The molecule has 2 aromatic heterocycles. The Kier molecular flexibility index (Phi) is 6.41. The summed E-state index contributed by atoms with van der Waals surface area (Å²) in [6, 6.07) is 3.81. The van der Waals surface area contributed by atoms with E-state index in [4.69, 9.17) is 17.3 Å². The number of aliphatic hydroxyl groups excluding tert-OH is 1. The van der Waals surface area contributed by atoms with E-state index in [1.54, 1.807) is 11.7 Å². The van der Waals surface area contributed by atoms with Crippen LogP contribution in [0.25, 0.3) is 11.0 Å². The lowest BCUT2D eigenvalue weighted by atomic mass is 10.1. The number of fused-ring (bicyclic) bond motifs is 1. The number of benzene rings is 1. The first-order valence-electron chi connectivity index (χ1n) is 12.3. The fourth-order valence-corrected chi connectivity index (χ4v) is 5.28. The highest BCUT2D eigenvalue weighted by Crippen LogP contribution is 2.39. The zero-order chi connectivity index (χ0) is 27.3. The van der Waals surface area contributed by atoms with E-state index in [0.29, 0.717) is 34.6 Å². The number of imidazole rings is 1. The number of carbonyl (C=O) groups is 2. The molecule has 0 spiro atoms. The van der Waals surface area contributed by atoms with Crippen molar-refractivity contribution >= 4 is 40.3 Å². The molecule has 38 heavy (non-hydrogen) atoms. The number of amides is 2. The minimum Gasteiger partial charge on any atom is -0.511 e. The normalized spacial score (nSPS) is 18.3. The van der Waals surface area contributed by atoms with Crippen LogP contribution in [0.2, 0.25) is 5.02 Å². The van der Waals surface area contributed by atoms with E-state index in [0.717, 1.165) is 29.7 Å². The van der Waals surface area contributed by atoms with E-state index >= 15 is 0 Å². The number of nitrogens with two attached hydrogens (primary N) is 1. The quantitative estimate of drug-likeness (QED) is 0.259. The van der Waals surface area contributed by atoms with Crippen molar-refractivity contribution in [3.8, 4) is 11.8 Å². The smallest absolute Gasteiger partial charge is 0.255 e. The Hall–Kier alpha value is -4.23. The van der Waals surface area contributed by atoms with Gasteiger partial charge in [-0.05, 0) is 50.8 Å². The van der Waals surface area contributed by atoms with Crippen LogP contribution in [0.1, 0.15) is 65.7 Å². The van der Waals surface area contributed by atoms with Crippen molar-refractivity contribution in [3.63, 3.8) is 0 Å². The van der Waals surface area contributed by atoms with Gasteiger partial charge in [-0.15, -0.1) is 0 Å². The molecule has 1 saturated carbocycles. The van der Waals surface area contributed by atoms with Gasteiger partial charge in [0, 0.05) is 31.6 Å². The van der Waals surface area contributed by atoms with Crippen molar-refractivity contribution < 1.29 is 14.7 Å². The van der Waals surface area contributed by atoms with Gasteiger partial charge in [0.15, 0.2) is 5.69 Å². The fraction of sp³-hybridized carbons (Fsp3) is 0.333. The summed E-state index contributed by atoms with van der Waals surface area (Å²) < 4.78 is 3.80. The first kappa shape index (κ1) is 25.4. The molecule has 4 N–H and O–H groups in total. The number of halogens is 1. The second-order valence-corrected chi connectivity index (χ2v) is 9.91. The molecule has 0 radical (unpaired) electrons. The molecule has 3 heterocycles. The van der Waals surface area contributed by atoms with Crippen LogP contribution in [-0.4, -0.2) is 54.7 Å². The van der Waals surface area contributed by atoms with Gasteiger partial charge in [0.2, 0.25) is 5.91 Å². The number of aromatic nitrogens is 4. The highest BCUT2D eigenvalue weighted by molar-refractivity contribution is 6.32. The lowest BCUT2D eigenvalue weighted by Crippen LogP contribution is -2.27. The average molecular weight is 534 g/mol. The van der Waals surface area contributed by atoms with Gasteiger partial charge in [-0.1, -0.05) is 24.1 Å². The number of hydrogen-bond donors (Lipinski definition) is 3. The van der Waals surface area contributed by atoms with E-state index in [2.05, 4.69) is 38.4 Å². The second kappa shape index (κ2) is 9.58. The van der Waals surface area contributed by atoms with Crippen molar-refractivity contribution in [2.45, 2.75) is 45.2 Å². The molecule has 1 aliphatic heterocycles. The first-order valence-corrected chi connectivity index (χ1v) is 12.6. The molecule has 10 nitrogen and oxygen atoms in total. The van der Waals surface area contributed by atoms with E-state index in [9.17, 15) is 14.7 Å². The van der Waals surface area contributed by atoms with Gasteiger partial charge in [-0.2, -0.15) is 5.10 Å². The van der Waals surface area contributed by atoms with Crippen LogP contribution >= 0.6 is 11.6 Å². The molecule has 1 aliphatic carbocycles. The minimum atomic E-state index is -0.698. The number of allylic oxidation sites excluding steroid dienone is 2. The third-order valence-corrected chi connectivity index (χ3v) is 7.24. The molecule has 3 aromatic rings. The van der Waals surface area contributed by atoms with Crippen LogP contribution in [0.5, 0.6) is 0 Å². The third kappa shape index (κ3) is 4.29. The van der Waals surface area contributed by atoms with Gasteiger partial charge in [-0.25, -0.2) is 9.67 Å². The zero-order valence-electron chi connectivity index (χ0n) is 21.4. The van der Waals surface area contributed by atoms with Crippen LogP contribution in [0, 0.1) is 18.8 Å². The molecule has 1 saturated heterocycles. The molecule has 11 heteroatoms. The van der Waals surface area contributed by atoms with Crippen LogP contribution in [0.3, 0.4) is 0 Å². The number of aryl methyl sites for hydroxylation is 1. The predicted molar refractivity (Wildman–Crippen MR) is 145 cm³/mol. The number of hydrogen-bond acceptors (Lipinski definition) is 6. The summed E-state index contributed by atoms with van der Waals surface area (Å²) in [4.78, 5) is 31.0. The summed E-state index contributed by atoms with van der Waals surface area (Å²) in [5, 5.41) is 18.2. The fourth-order valence-electron chi connectivity index (χ4n) is 5.07. The molecule has 5 rings (SSSR count). The van der Waals surface area contributed by atoms with Gasteiger partial charge in [0.05, 0.1) is 27.8 Å². The molecule has 2 aliphatic rings. The number of rotatable bonds is 5. The predicted octanol–water partition coefficient (Wildman–Crippen LogP) is 3.82. The molecular formula is C27H28ClN7O3. The first-order chi connectivity index (χ1) is 18.1. The highest BCUT2D eigenvalue weighted by Gasteiger charge is 2.36. The molecular weight excluding hydrogens is 506 g/mol. The summed E-state index contributed by atoms with van der Waals surface area (Å²) in [5.74, 6) is 6.31. The van der Waals surface area contributed by atoms with Gasteiger partial charge >= 0.3 is 0 Å². The Balaban J connectivity index is 1.56. The van der Waals surface area contributed by atoms with Gasteiger partial charge in [0.25, 0.3) is 5.91 Å². The summed E-state index contributed by atoms with van der Waals surface area (Å²) in [6.07, 6.45) is 3.77. The van der Waals surface area contributed by atoms with Crippen LogP contribution in [0.4, 0.5) is 5.82 Å². The lowest BCUT2D eigenvalue weighted by Gasteiger charge is -2.17. The number of aliphatic hydroxyl groups is 1. The number of anilines is 1. The topological polar surface area (TPSA) is 131 Å². The molecule has 1 atom stereocenters. The number of primary amides is 1. The Bertz CT molecular complexity index is 1600. The molecule has 0 unspecified atom stereocenters. The summed E-state index contributed by atoms with van der Waals surface area (Å²) in [7, 11) is 1.65. The Labute approximate surface area is 224 Å². The Morgan fingerprint density at radius 2 is 2.03 bits per heavy atom. The molecule has 2 fully saturated rings. The third-order valence-electron chi connectivity index (χ3n) is 6.93. The minimum absolute atomic E-state index is 0.0282. The van der Waals surface area contributed by atoms with Gasteiger partial charge in [0.1, 0.15) is 23.0 Å². The number of carbonyl (C=O) groups excluding carboxylic acids is 2. The maximum absolute atomic E-state index is 12.5. The Morgan fingerprint density at radius 3 is 2.63 bits per heavy atom. The summed E-state index contributed by atoms with van der Waals surface area (Å²) >= 11 is 6.60. The summed E-state index contributed by atoms with van der Waals surface area (Å²) in [6.45, 7) is 7.27. The van der Waals surface area contributed by atoms with Crippen molar-refractivity contribution in [2.24, 2.45) is 5.73 Å². The Morgan fingerprint density at radius 1 is 1.29 bits per heavy atom. The maximum Gasteiger partial charge on any atom is 0.255 e. The van der Waals surface area contributed by atoms with Gasteiger partial charge < -0.3 is 25.6 Å². The monoisotopic (exact) mass is 533 g/mol. The molecule has 0 bridgehead atoms. The SMILES string of the molecule is C=CC(=O)N1C[C@@H](n2nc(C#Cc3cc4nc(C)n(C5CC5)c4cc3Cl)c(C(N)=O)c2NC)C/C1=C(\C)O. The van der Waals surface area contributed by atoms with E-state index in [1.807, 2.05) is 19.1 Å². The van der Waals surface area contributed by atoms with E-state index in [1.165, 1.54) is 17.9 Å². The van der Waals surface area contributed by atoms with Crippen molar-refractivity contribution in [2.75, 3.05) is 18.9 Å². The largest absolute Gasteiger partial charge is 0.511 e. The number of nitrogens with zero attached hydrogens (tertiary/aromatic N) is 5. The molecule has 1 aromatic carbocycles. The standard InChI is InChI=1S/C27H28ClN7O3/c1-5-24(37)33-13-18(11-22(33)14(2)36)35-27(30-4)25(26(29)38)20(32-35)9-6-16-10-21-23(12-19(16)28)34(15(3)31-21)17-7-8-17/h5,10,12,17-18,30,36H,1,7-8,11,13H2,2-4H3,(H2,29,38)/b22-14-/t18-/m0/s1. The number of likely N-dealkylation sites (tertiary alicyclic amines) is 1. The van der Waals surface area contributed by atoms with Gasteiger partial charge in [-0.3, -0.25) is 9.59 Å². The van der Waals surface area contributed by atoms with Crippen LogP contribution in [-0.2, 0) is 4.79 Å². The molecule has 196 valence electrons. The van der Waals surface area contributed by atoms with E-state index in [-0.39, 0.29) is 35.5 Å². The second-order valence-electron chi connectivity index (χ2n) is 9.51. The zero-order valence-corrected chi connectivity index (χ0v) is 22.1. The average Bonchev–Trinajstić information content (AvgIpc) is 3.35. The van der Waals surface area contributed by atoms with Crippen molar-refractivity contribution in [1.29, 1.82) is 0 Å². The summed E-state index contributed by atoms with van der Waals surface area (Å²) in [5.41, 5.74) is 8.84. The highest BCUT2D eigenvalue weighted by atomic mass is 35.5. The van der Waals surface area contributed by atoms with E-state index < -0.39 is 5.91 Å². The van der Waals surface area contributed by atoms with Crippen molar-refractivity contribution in [3.05, 3.63) is 63.9 Å². The van der Waals surface area contributed by atoms with Crippen LogP contribution in [0.15, 0.2) is 36.2 Å².